The van der Waals surface area contributed by atoms with Crippen LogP contribution in [0.1, 0.15) is 66.4 Å². The Balaban J connectivity index is 0.00000218. The zero-order valence-corrected chi connectivity index (χ0v) is 19.6. The lowest BCUT2D eigenvalue weighted by Gasteiger charge is -2.40. The summed E-state index contributed by atoms with van der Waals surface area (Å²) in [5.74, 6) is -0.251. The highest BCUT2D eigenvalue weighted by Gasteiger charge is 2.43. The number of esters is 1. The summed E-state index contributed by atoms with van der Waals surface area (Å²) in [6, 6.07) is 3.46. The summed E-state index contributed by atoms with van der Waals surface area (Å²) in [6.07, 6.45) is 2.88. The predicted octanol–water partition coefficient (Wildman–Crippen LogP) is 4.15. The minimum Gasteiger partial charge on any atom is -0.466 e. The van der Waals surface area contributed by atoms with Crippen molar-refractivity contribution < 1.29 is 19.1 Å². The Morgan fingerprint density at radius 3 is 2.27 bits per heavy atom. The number of likely N-dealkylation sites (tertiary alicyclic amines) is 1. The standard InChI is InChI=1S/C21H32N2O5.C2H6/c1-6-27-18(25)21(8-12-22-11-7-16(2)15-17(22)24)9-13-23(14-10-21)19(26)28-20(3,4)5;1-2/h7,11,15H,6,8-10,12-14H2,1-5H3;1-2H3. The molecule has 0 radical (unpaired) electrons. The molecule has 7 heteroatoms. The van der Waals surface area contributed by atoms with E-state index in [1.165, 1.54) is 0 Å². The van der Waals surface area contributed by atoms with Gasteiger partial charge in [-0.2, -0.15) is 0 Å². The van der Waals surface area contributed by atoms with Crippen molar-refractivity contribution in [1.82, 2.24) is 9.47 Å². The van der Waals surface area contributed by atoms with Crippen LogP contribution in [0.3, 0.4) is 0 Å². The maximum absolute atomic E-state index is 12.7. The molecule has 1 aromatic rings. The van der Waals surface area contributed by atoms with Crippen LogP contribution in [0.25, 0.3) is 0 Å². The SMILES string of the molecule is CC.CCOC(=O)C1(CCn2ccc(C)cc2=O)CCN(C(=O)OC(C)(C)C)CC1. The van der Waals surface area contributed by atoms with Crippen molar-refractivity contribution in [2.75, 3.05) is 19.7 Å². The first-order valence-electron chi connectivity index (χ1n) is 10.9. The molecule has 2 heterocycles. The lowest BCUT2D eigenvalue weighted by atomic mass is 9.75. The summed E-state index contributed by atoms with van der Waals surface area (Å²) in [7, 11) is 0. The van der Waals surface area contributed by atoms with E-state index in [0.29, 0.717) is 45.5 Å². The quantitative estimate of drug-likeness (QED) is 0.666. The van der Waals surface area contributed by atoms with E-state index in [1.54, 1.807) is 28.7 Å². The highest BCUT2D eigenvalue weighted by atomic mass is 16.6. The molecule has 1 aliphatic rings. The molecule has 0 atom stereocenters. The Bertz CT molecular complexity index is 756. The molecule has 2 rings (SSSR count). The summed E-state index contributed by atoms with van der Waals surface area (Å²) in [4.78, 5) is 38.9. The fourth-order valence-electron chi connectivity index (χ4n) is 3.41. The van der Waals surface area contributed by atoms with Crippen molar-refractivity contribution in [3.8, 4) is 0 Å². The van der Waals surface area contributed by atoms with Crippen LogP contribution in [0.15, 0.2) is 23.1 Å². The van der Waals surface area contributed by atoms with Crippen molar-refractivity contribution in [2.24, 2.45) is 5.41 Å². The summed E-state index contributed by atoms with van der Waals surface area (Å²) < 4.78 is 12.4. The molecule has 1 fully saturated rings. The van der Waals surface area contributed by atoms with Gasteiger partial charge in [-0.3, -0.25) is 9.59 Å². The van der Waals surface area contributed by atoms with Crippen LogP contribution in [0.4, 0.5) is 4.79 Å². The fraction of sp³-hybridized carbons (Fsp3) is 0.696. The van der Waals surface area contributed by atoms with Crippen molar-refractivity contribution in [3.63, 3.8) is 0 Å². The molecule has 0 saturated carbocycles. The molecule has 0 spiro atoms. The van der Waals surface area contributed by atoms with Crippen molar-refractivity contribution in [1.29, 1.82) is 0 Å². The Kier molecular flexibility index (Phi) is 9.59. The zero-order chi connectivity index (χ0) is 22.9. The lowest BCUT2D eigenvalue weighted by molar-refractivity contribution is -0.159. The average Bonchev–Trinajstić information content (AvgIpc) is 2.68. The molecule has 7 nitrogen and oxygen atoms in total. The third-order valence-corrected chi connectivity index (χ3v) is 5.06. The van der Waals surface area contributed by atoms with E-state index in [2.05, 4.69) is 0 Å². The van der Waals surface area contributed by atoms with Crippen LogP contribution in [0.2, 0.25) is 0 Å². The van der Waals surface area contributed by atoms with Crippen molar-refractivity contribution in [2.45, 2.75) is 79.9 Å². The molecule has 30 heavy (non-hydrogen) atoms. The van der Waals surface area contributed by atoms with Crippen molar-refractivity contribution in [3.05, 3.63) is 34.2 Å². The van der Waals surface area contributed by atoms with Crippen LogP contribution < -0.4 is 5.56 Å². The van der Waals surface area contributed by atoms with E-state index in [-0.39, 0.29) is 17.6 Å². The van der Waals surface area contributed by atoms with Crippen LogP contribution in [-0.2, 0) is 20.8 Å². The Morgan fingerprint density at radius 2 is 1.77 bits per heavy atom. The number of nitrogens with zero attached hydrogens (tertiary/aromatic N) is 2. The van der Waals surface area contributed by atoms with Gasteiger partial charge in [0.2, 0.25) is 0 Å². The monoisotopic (exact) mass is 422 g/mol. The second kappa shape index (κ2) is 11.2. The van der Waals surface area contributed by atoms with Gasteiger partial charge in [0.25, 0.3) is 5.56 Å². The predicted molar refractivity (Wildman–Crippen MR) is 118 cm³/mol. The first-order valence-corrected chi connectivity index (χ1v) is 10.9. The number of aromatic nitrogens is 1. The third kappa shape index (κ3) is 7.18. The number of carbonyl (C=O) groups is 2. The number of piperidine rings is 1. The molecule has 0 aliphatic carbocycles. The second-order valence-corrected chi connectivity index (χ2v) is 8.45. The molecule has 170 valence electrons. The van der Waals surface area contributed by atoms with E-state index in [4.69, 9.17) is 9.47 Å². The minimum absolute atomic E-state index is 0.0785. The summed E-state index contributed by atoms with van der Waals surface area (Å²) >= 11 is 0. The molecule has 0 bridgehead atoms. The smallest absolute Gasteiger partial charge is 0.410 e. The molecular weight excluding hydrogens is 384 g/mol. The molecule has 1 saturated heterocycles. The van der Waals surface area contributed by atoms with Gasteiger partial charge in [-0.05, 0) is 65.5 Å². The van der Waals surface area contributed by atoms with Gasteiger partial charge in [-0.15, -0.1) is 0 Å². The third-order valence-electron chi connectivity index (χ3n) is 5.06. The summed E-state index contributed by atoms with van der Waals surface area (Å²) in [6.45, 7) is 14.7. The van der Waals surface area contributed by atoms with E-state index in [1.807, 2.05) is 47.6 Å². The topological polar surface area (TPSA) is 77.8 Å². The number of amides is 1. The van der Waals surface area contributed by atoms with Gasteiger partial charge in [-0.1, -0.05) is 13.8 Å². The Labute approximate surface area is 180 Å². The molecule has 1 aliphatic heterocycles. The van der Waals surface area contributed by atoms with Gasteiger partial charge in [-0.25, -0.2) is 4.79 Å². The van der Waals surface area contributed by atoms with Gasteiger partial charge >= 0.3 is 12.1 Å². The molecule has 1 amide bonds. The number of aryl methyl sites for hydroxylation is 2. The summed E-state index contributed by atoms with van der Waals surface area (Å²) in [5.41, 5.74) is -0.421. The number of rotatable bonds is 5. The molecule has 0 unspecified atom stereocenters. The molecule has 0 aromatic carbocycles. The largest absolute Gasteiger partial charge is 0.466 e. The minimum atomic E-state index is -0.696. The van der Waals surface area contributed by atoms with E-state index in [0.717, 1.165) is 5.56 Å². The maximum Gasteiger partial charge on any atom is 0.410 e. The highest BCUT2D eigenvalue weighted by molar-refractivity contribution is 5.77. The zero-order valence-electron chi connectivity index (χ0n) is 19.6. The van der Waals surface area contributed by atoms with Gasteiger partial charge in [0.1, 0.15) is 5.60 Å². The first-order chi connectivity index (χ1) is 14.1. The molecule has 1 aromatic heterocycles. The van der Waals surface area contributed by atoms with Gasteiger partial charge in [0.15, 0.2) is 0 Å². The van der Waals surface area contributed by atoms with Gasteiger partial charge < -0.3 is 18.9 Å². The Morgan fingerprint density at radius 1 is 1.17 bits per heavy atom. The Hall–Kier alpha value is -2.31. The normalized spacial score (nSPS) is 15.6. The number of pyridine rings is 1. The average molecular weight is 423 g/mol. The first kappa shape index (κ1) is 25.7. The number of hydrogen-bond acceptors (Lipinski definition) is 5. The maximum atomic E-state index is 12.7. The van der Waals surface area contributed by atoms with Crippen LogP contribution in [0, 0.1) is 12.3 Å². The second-order valence-electron chi connectivity index (χ2n) is 8.45. The van der Waals surface area contributed by atoms with Gasteiger partial charge in [0.05, 0.1) is 12.0 Å². The van der Waals surface area contributed by atoms with E-state index >= 15 is 0 Å². The highest BCUT2D eigenvalue weighted by Crippen LogP contribution is 2.37. The van der Waals surface area contributed by atoms with Gasteiger partial charge in [0, 0.05) is 31.9 Å². The number of ether oxygens (including phenoxy) is 2. The number of carbonyl (C=O) groups excluding carboxylic acids is 2. The van der Waals surface area contributed by atoms with Crippen LogP contribution >= 0.6 is 0 Å². The van der Waals surface area contributed by atoms with Crippen LogP contribution in [0.5, 0.6) is 0 Å². The fourth-order valence-corrected chi connectivity index (χ4v) is 3.41. The van der Waals surface area contributed by atoms with Crippen LogP contribution in [-0.4, -0.2) is 46.8 Å². The summed E-state index contributed by atoms with van der Waals surface area (Å²) in [5, 5.41) is 0. The number of hydrogen-bond donors (Lipinski definition) is 0. The van der Waals surface area contributed by atoms with E-state index < -0.39 is 11.0 Å². The van der Waals surface area contributed by atoms with Crippen molar-refractivity contribution >= 4 is 12.1 Å². The molecule has 0 N–H and O–H groups in total. The molecular formula is C23H38N2O5. The lowest BCUT2D eigenvalue weighted by Crippen LogP contribution is -2.49. The van der Waals surface area contributed by atoms with E-state index in [9.17, 15) is 14.4 Å².